The van der Waals surface area contributed by atoms with E-state index >= 15 is 0 Å². The van der Waals surface area contributed by atoms with E-state index in [0.717, 1.165) is 16.8 Å². The summed E-state index contributed by atoms with van der Waals surface area (Å²) in [5, 5.41) is 6.45. The van der Waals surface area contributed by atoms with Gasteiger partial charge in [0.25, 0.3) is 0 Å². The molecule has 0 heterocycles. The zero-order chi connectivity index (χ0) is 20.6. The van der Waals surface area contributed by atoms with Crippen LogP contribution in [0, 0.1) is 0 Å². The molecule has 1 amide bonds. The van der Waals surface area contributed by atoms with Gasteiger partial charge in [-0.1, -0.05) is 92.1 Å². The van der Waals surface area contributed by atoms with Crippen molar-refractivity contribution in [3.63, 3.8) is 0 Å². The summed E-state index contributed by atoms with van der Waals surface area (Å²) in [5.74, 6) is 0.653. The average Bonchev–Trinajstić information content (AvgIpc) is 2.82. The molecule has 0 aromatic heterocycles. The van der Waals surface area contributed by atoms with Crippen LogP contribution in [-0.4, -0.2) is 12.5 Å². The summed E-state index contributed by atoms with van der Waals surface area (Å²) in [6.07, 6.45) is 6.61. The molecule has 3 nitrogen and oxygen atoms in total. The van der Waals surface area contributed by atoms with Crippen molar-refractivity contribution in [1.29, 1.82) is 0 Å². The Hall–Kier alpha value is -2.91. The standard InChI is InChI=1S/C27H30N2O/c30-26(29-25-18-16-22(17-19-25)21-10-4-1-5-11-21)20-28-27(23-12-6-2-7-13-23)24-14-8-3-9-15-24/h2-3,6-9,12-19,21,27-28H,1,4-5,10-11,20H2,(H,29,30). The van der Waals surface area contributed by atoms with E-state index in [-0.39, 0.29) is 18.5 Å². The minimum Gasteiger partial charge on any atom is -0.325 e. The van der Waals surface area contributed by atoms with E-state index in [1.165, 1.54) is 37.7 Å². The predicted octanol–water partition coefficient (Wildman–Crippen LogP) is 6.05. The molecule has 0 atom stereocenters. The van der Waals surface area contributed by atoms with Crippen molar-refractivity contribution in [3.05, 3.63) is 102 Å². The first-order valence-corrected chi connectivity index (χ1v) is 11.0. The van der Waals surface area contributed by atoms with Crippen LogP contribution >= 0.6 is 0 Å². The molecule has 1 fully saturated rings. The number of hydrogen-bond donors (Lipinski definition) is 2. The average molecular weight is 399 g/mol. The zero-order valence-electron chi connectivity index (χ0n) is 17.4. The van der Waals surface area contributed by atoms with E-state index in [1.54, 1.807) is 0 Å². The van der Waals surface area contributed by atoms with E-state index in [2.05, 4.69) is 47.0 Å². The molecule has 0 bridgehead atoms. The number of rotatable bonds is 7. The Bertz CT molecular complexity index is 877. The number of carbonyl (C=O) groups is 1. The monoisotopic (exact) mass is 398 g/mol. The third kappa shape index (κ3) is 5.37. The Balaban J connectivity index is 1.37. The first kappa shape index (κ1) is 20.4. The highest BCUT2D eigenvalue weighted by atomic mass is 16.1. The molecule has 1 aliphatic rings. The Morgan fingerprint density at radius 1 is 0.767 bits per heavy atom. The maximum atomic E-state index is 12.6. The van der Waals surface area contributed by atoms with Gasteiger partial charge in [0.15, 0.2) is 0 Å². The number of carbonyl (C=O) groups excluding carboxylic acids is 1. The number of nitrogens with one attached hydrogen (secondary N) is 2. The van der Waals surface area contributed by atoms with Crippen LogP contribution in [0.1, 0.15) is 60.8 Å². The van der Waals surface area contributed by atoms with Crippen LogP contribution in [0.4, 0.5) is 5.69 Å². The Morgan fingerprint density at radius 2 is 1.33 bits per heavy atom. The molecule has 0 aliphatic heterocycles. The fourth-order valence-electron chi connectivity index (χ4n) is 4.39. The Kier molecular flexibility index (Phi) is 6.94. The van der Waals surface area contributed by atoms with Crippen LogP contribution in [-0.2, 0) is 4.79 Å². The van der Waals surface area contributed by atoms with E-state index < -0.39 is 0 Å². The van der Waals surface area contributed by atoms with Gasteiger partial charge in [0, 0.05) is 5.69 Å². The van der Waals surface area contributed by atoms with E-state index in [4.69, 9.17) is 0 Å². The van der Waals surface area contributed by atoms with Gasteiger partial charge in [-0.2, -0.15) is 0 Å². The van der Waals surface area contributed by atoms with Gasteiger partial charge >= 0.3 is 0 Å². The lowest BCUT2D eigenvalue weighted by atomic mass is 9.84. The van der Waals surface area contributed by atoms with Crippen molar-refractivity contribution in [2.45, 2.75) is 44.1 Å². The quantitative estimate of drug-likeness (QED) is 0.508. The van der Waals surface area contributed by atoms with Crippen molar-refractivity contribution in [1.82, 2.24) is 5.32 Å². The molecular formula is C27H30N2O. The highest BCUT2D eigenvalue weighted by Gasteiger charge is 2.16. The normalized spacial score (nSPS) is 14.6. The molecule has 0 unspecified atom stereocenters. The molecule has 3 aromatic carbocycles. The molecule has 1 aliphatic carbocycles. The lowest BCUT2D eigenvalue weighted by Gasteiger charge is -2.22. The van der Waals surface area contributed by atoms with Gasteiger partial charge in [0.05, 0.1) is 12.6 Å². The largest absolute Gasteiger partial charge is 0.325 e. The van der Waals surface area contributed by atoms with Crippen LogP contribution in [0.15, 0.2) is 84.9 Å². The van der Waals surface area contributed by atoms with Gasteiger partial charge in [-0.25, -0.2) is 0 Å². The molecule has 3 aromatic rings. The van der Waals surface area contributed by atoms with Crippen molar-refractivity contribution in [2.75, 3.05) is 11.9 Å². The molecule has 2 N–H and O–H groups in total. The fraction of sp³-hybridized carbons (Fsp3) is 0.296. The minimum absolute atomic E-state index is 0.0215. The molecule has 0 radical (unpaired) electrons. The maximum Gasteiger partial charge on any atom is 0.238 e. The van der Waals surface area contributed by atoms with Crippen LogP contribution < -0.4 is 10.6 Å². The molecule has 3 heteroatoms. The number of anilines is 1. The van der Waals surface area contributed by atoms with Crippen molar-refractivity contribution < 1.29 is 4.79 Å². The molecular weight excluding hydrogens is 368 g/mol. The van der Waals surface area contributed by atoms with Crippen molar-refractivity contribution in [2.24, 2.45) is 0 Å². The molecule has 4 rings (SSSR count). The third-order valence-corrected chi connectivity index (χ3v) is 6.00. The van der Waals surface area contributed by atoms with Gasteiger partial charge in [0.2, 0.25) is 5.91 Å². The van der Waals surface area contributed by atoms with Gasteiger partial charge in [-0.15, -0.1) is 0 Å². The van der Waals surface area contributed by atoms with Crippen LogP contribution in [0.25, 0.3) is 0 Å². The summed E-state index contributed by atoms with van der Waals surface area (Å²) in [6.45, 7) is 0.249. The Morgan fingerprint density at radius 3 is 1.90 bits per heavy atom. The summed E-state index contributed by atoms with van der Waals surface area (Å²) in [6, 6.07) is 28.9. The summed E-state index contributed by atoms with van der Waals surface area (Å²) >= 11 is 0. The van der Waals surface area contributed by atoms with E-state index in [1.807, 2.05) is 48.5 Å². The van der Waals surface area contributed by atoms with E-state index in [0.29, 0.717) is 5.92 Å². The number of hydrogen-bond acceptors (Lipinski definition) is 2. The first-order chi connectivity index (χ1) is 14.8. The molecule has 0 spiro atoms. The molecule has 0 saturated heterocycles. The van der Waals surface area contributed by atoms with Crippen molar-refractivity contribution >= 4 is 11.6 Å². The maximum absolute atomic E-state index is 12.6. The number of benzene rings is 3. The van der Waals surface area contributed by atoms with Gasteiger partial charge < -0.3 is 5.32 Å². The summed E-state index contributed by atoms with van der Waals surface area (Å²) < 4.78 is 0. The highest BCUT2D eigenvalue weighted by molar-refractivity contribution is 5.92. The van der Waals surface area contributed by atoms with Crippen LogP contribution in [0.5, 0.6) is 0 Å². The van der Waals surface area contributed by atoms with Gasteiger partial charge in [-0.05, 0) is 47.6 Å². The second-order valence-corrected chi connectivity index (χ2v) is 8.14. The Labute approximate surface area is 179 Å². The molecule has 30 heavy (non-hydrogen) atoms. The summed E-state index contributed by atoms with van der Waals surface area (Å²) in [7, 11) is 0. The van der Waals surface area contributed by atoms with Gasteiger partial charge in [-0.3, -0.25) is 10.1 Å². The van der Waals surface area contributed by atoms with Crippen LogP contribution in [0.3, 0.4) is 0 Å². The first-order valence-electron chi connectivity index (χ1n) is 11.0. The summed E-state index contributed by atoms with van der Waals surface area (Å²) in [4.78, 5) is 12.6. The fourth-order valence-corrected chi connectivity index (χ4v) is 4.39. The smallest absolute Gasteiger partial charge is 0.238 e. The molecule has 1 saturated carbocycles. The summed E-state index contributed by atoms with van der Waals surface area (Å²) in [5.41, 5.74) is 4.55. The lowest BCUT2D eigenvalue weighted by Crippen LogP contribution is -2.31. The van der Waals surface area contributed by atoms with Crippen molar-refractivity contribution in [3.8, 4) is 0 Å². The minimum atomic E-state index is -0.0303. The second-order valence-electron chi connectivity index (χ2n) is 8.14. The zero-order valence-corrected chi connectivity index (χ0v) is 17.4. The highest BCUT2D eigenvalue weighted by Crippen LogP contribution is 2.33. The number of amides is 1. The van der Waals surface area contributed by atoms with E-state index in [9.17, 15) is 4.79 Å². The SMILES string of the molecule is O=C(CNC(c1ccccc1)c1ccccc1)Nc1ccc(C2CCCCC2)cc1. The predicted molar refractivity (Wildman–Crippen MR) is 124 cm³/mol. The van der Waals surface area contributed by atoms with Gasteiger partial charge in [0.1, 0.15) is 0 Å². The third-order valence-electron chi connectivity index (χ3n) is 6.00. The topological polar surface area (TPSA) is 41.1 Å². The van der Waals surface area contributed by atoms with Crippen LogP contribution in [0.2, 0.25) is 0 Å². The molecule has 154 valence electrons. The lowest BCUT2D eigenvalue weighted by molar-refractivity contribution is -0.115. The second kappa shape index (κ2) is 10.2.